The molecule has 1 aliphatic heterocycles. The number of ether oxygens (including phenoxy) is 1. The van der Waals surface area contributed by atoms with E-state index in [0.29, 0.717) is 13.2 Å². The van der Waals surface area contributed by atoms with Crippen LogP contribution in [0.2, 0.25) is 0 Å². The van der Waals surface area contributed by atoms with Gasteiger partial charge in [-0.05, 0) is 19.5 Å². The number of benzene rings is 1. The molecule has 1 unspecified atom stereocenters. The molecule has 0 spiro atoms. The minimum Gasteiger partial charge on any atom is -0.378 e. The van der Waals surface area contributed by atoms with Crippen LogP contribution in [0.1, 0.15) is 17.2 Å². The summed E-state index contributed by atoms with van der Waals surface area (Å²) in [5.74, 6) is 0. The molecule has 0 bridgehead atoms. The molecule has 1 atom stereocenters. The zero-order valence-corrected chi connectivity index (χ0v) is 9.66. The van der Waals surface area contributed by atoms with E-state index in [1.54, 1.807) is 0 Å². The number of nitriles is 1. The highest BCUT2D eigenvalue weighted by atomic mass is 16.5. The SMILES string of the molecule is CNC(c1cccc(C)c1)C1(C#N)COC1. The fourth-order valence-electron chi connectivity index (χ4n) is 2.23. The molecule has 1 saturated heterocycles. The number of rotatable bonds is 3. The van der Waals surface area contributed by atoms with E-state index in [2.05, 4.69) is 36.5 Å². The average molecular weight is 216 g/mol. The second-order valence-electron chi connectivity index (χ2n) is 4.40. The first-order valence-corrected chi connectivity index (χ1v) is 5.45. The van der Waals surface area contributed by atoms with Crippen LogP contribution in [0.25, 0.3) is 0 Å². The largest absolute Gasteiger partial charge is 0.378 e. The summed E-state index contributed by atoms with van der Waals surface area (Å²) in [4.78, 5) is 0. The second kappa shape index (κ2) is 4.25. The van der Waals surface area contributed by atoms with E-state index in [4.69, 9.17) is 4.74 Å². The Morgan fingerprint density at radius 1 is 1.50 bits per heavy atom. The van der Waals surface area contributed by atoms with Crippen molar-refractivity contribution in [3.8, 4) is 6.07 Å². The molecule has 1 aliphatic rings. The van der Waals surface area contributed by atoms with E-state index < -0.39 is 5.41 Å². The lowest BCUT2D eigenvalue weighted by atomic mass is 9.76. The van der Waals surface area contributed by atoms with Gasteiger partial charge in [0.15, 0.2) is 0 Å². The molecular weight excluding hydrogens is 200 g/mol. The molecule has 0 radical (unpaired) electrons. The first-order chi connectivity index (χ1) is 7.72. The van der Waals surface area contributed by atoms with E-state index in [0.717, 1.165) is 5.56 Å². The Bertz CT molecular complexity index is 418. The lowest BCUT2D eigenvalue weighted by molar-refractivity contribution is -0.0963. The van der Waals surface area contributed by atoms with Gasteiger partial charge < -0.3 is 10.1 Å². The van der Waals surface area contributed by atoms with Gasteiger partial charge in [0.2, 0.25) is 0 Å². The predicted octanol–water partition coefficient (Wildman–Crippen LogP) is 1.80. The molecule has 0 aromatic heterocycles. The van der Waals surface area contributed by atoms with E-state index in [9.17, 15) is 5.26 Å². The van der Waals surface area contributed by atoms with Crippen molar-refractivity contribution in [3.63, 3.8) is 0 Å². The average Bonchev–Trinajstić information content (AvgIpc) is 2.23. The Labute approximate surface area is 96.0 Å². The summed E-state index contributed by atoms with van der Waals surface area (Å²) in [5.41, 5.74) is 1.97. The maximum Gasteiger partial charge on any atom is 0.123 e. The molecule has 1 heterocycles. The van der Waals surface area contributed by atoms with Gasteiger partial charge in [0.25, 0.3) is 0 Å². The quantitative estimate of drug-likeness (QED) is 0.838. The van der Waals surface area contributed by atoms with Gasteiger partial charge >= 0.3 is 0 Å². The van der Waals surface area contributed by atoms with Crippen LogP contribution in [0, 0.1) is 23.7 Å². The lowest BCUT2D eigenvalue weighted by Crippen LogP contribution is -2.50. The van der Waals surface area contributed by atoms with Gasteiger partial charge in [0.05, 0.1) is 25.3 Å². The van der Waals surface area contributed by atoms with E-state index in [1.165, 1.54) is 5.56 Å². The smallest absolute Gasteiger partial charge is 0.123 e. The topological polar surface area (TPSA) is 45.0 Å². The summed E-state index contributed by atoms with van der Waals surface area (Å²) in [5, 5.41) is 12.5. The van der Waals surface area contributed by atoms with Crippen molar-refractivity contribution in [3.05, 3.63) is 35.4 Å². The molecule has 16 heavy (non-hydrogen) atoms. The van der Waals surface area contributed by atoms with Crippen LogP contribution >= 0.6 is 0 Å². The van der Waals surface area contributed by atoms with Crippen molar-refractivity contribution in [1.29, 1.82) is 5.26 Å². The van der Waals surface area contributed by atoms with Gasteiger partial charge in [-0.2, -0.15) is 5.26 Å². The van der Waals surface area contributed by atoms with E-state index in [-0.39, 0.29) is 6.04 Å². The van der Waals surface area contributed by atoms with Crippen molar-refractivity contribution in [2.24, 2.45) is 5.41 Å². The molecule has 0 saturated carbocycles. The zero-order valence-electron chi connectivity index (χ0n) is 9.66. The van der Waals surface area contributed by atoms with Crippen LogP contribution in [0.4, 0.5) is 0 Å². The normalized spacial score (nSPS) is 19.6. The monoisotopic (exact) mass is 216 g/mol. The highest BCUT2D eigenvalue weighted by molar-refractivity contribution is 5.30. The Morgan fingerprint density at radius 2 is 2.25 bits per heavy atom. The molecule has 1 fully saturated rings. The third kappa shape index (κ3) is 1.71. The molecule has 2 rings (SSSR count). The Morgan fingerprint density at radius 3 is 2.69 bits per heavy atom. The number of hydrogen-bond donors (Lipinski definition) is 1. The van der Waals surface area contributed by atoms with Crippen LogP contribution < -0.4 is 5.32 Å². The first kappa shape index (κ1) is 11.1. The van der Waals surface area contributed by atoms with E-state index >= 15 is 0 Å². The van der Waals surface area contributed by atoms with Crippen molar-refractivity contribution in [2.45, 2.75) is 13.0 Å². The summed E-state index contributed by atoms with van der Waals surface area (Å²) in [7, 11) is 1.89. The van der Waals surface area contributed by atoms with Crippen LogP contribution in [0.15, 0.2) is 24.3 Å². The van der Waals surface area contributed by atoms with Gasteiger partial charge in [-0.25, -0.2) is 0 Å². The number of hydrogen-bond acceptors (Lipinski definition) is 3. The summed E-state index contributed by atoms with van der Waals surface area (Å²) in [6.07, 6.45) is 0. The fraction of sp³-hybridized carbons (Fsp3) is 0.462. The third-order valence-electron chi connectivity index (χ3n) is 3.16. The first-order valence-electron chi connectivity index (χ1n) is 5.45. The van der Waals surface area contributed by atoms with Crippen molar-refractivity contribution >= 4 is 0 Å². The van der Waals surface area contributed by atoms with Gasteiger partial charge in [-0.15, -0.1) is 0 Å². The number of aryl methyl sites for hydroxylation is 1. The highest BCUT2D eigenvalue weighted by Crippen LogP contribution is 2.39. The van der Waals surface area contributed by atoms with Gasteiger partial charge in [0.1, 0.15) is 5.41 Å². The Kier molecular flexibility index (Phi) is 2.95. The summed E-state index contributed by atoms with van der Waals surface area (Å²) in [6.45, 7) is 3.10. The summed E-state index contributed by atoms with van der Waals surface area (Å²) in [6, 6.07) is 10.7. The Hall–Kier alpha value is -1.37. The van der Waals surface area contributed by atoms with Crippen LogP contribution in [0.3, 0.4) is 0 Å². The molecule has 0 amide bonds. The molecular formula is C13H16N2O. The van der Waals surface area contributed by atoms with Crippen LogP contribution in [-0.4, -0.2) is 20.3 Å². The number of nitrogens with one attached hydrogen (secondary N) is 1. The summed E-state index contributed by atoms with van der Waals surface area (Å²) < 4.78 is 5.20. The van der Waals surface area contributed by atoms with Gasteiger partial charge in [0, 0.05) is 0 Å². The molecule has 3 heteroatoms. The van der Waals surface area contributed by atoms with Crippen molar-refractivity contribution in [2.75, 3.05) is 20.3 Å². The molecule has 3 nitrogen and oxygen atoms in total. The zero-order chi connectivity index (χ0) is 11.6. The number of nitrogens with zero attached hydrogens (tertiary/aromatic N) is 1. The van der Waals surface area contributed by atoms with Crippen LogP contribution in [-0.2, 0) is 4.74 Å². The molecule has 1 aromatic rings. The Balaban J connectivity index is 2.33. The summed E-state index contributed by atoms with van der Waals surface area (Å²) >= 11 is 0. The predicted molar refractivity (Wildman–Crippen MR) is 61.8 cm³/mol. The highest BCUT2D eigenvalue weighted by Gasteiger charge is 2.46. The van der Waals surface area contributed by atoms with Gasteiger partial charge in [-0.3, -0.25) is 0 Å². The maximum absolute atomic E-state index is 9.30. The van der Waals surface area contributed by atoms with E-state index in [1.807, 2.05) is 13.1 Å². The third-order valence-corrected chi connectivity index (χ3v) is 3.16. The second-order valence-corrected chi connectivity index (χ2v) is 4.40. The lowest BCUT2D eigenvalue weighted by Gasteiger charge is -2.41. The van der Waals surface area contributed by atoms with Gasteiger partial charge in [-0.1, -0.05) is 29.8 Å². The van der Waals surface area contributed by atoms with Crippen molar-refractivity contribution < 1.29 is 4.74 Å². The standard InChI is InChI=1S/C13H16N2O/c1-10-4-3-5-11(6-10)12(15-2)13(7-14)8-16-9-13/h3-6,12,15H,8-9H2,1-2H3. The maximum atomic E-state index is 9.30. The molecule has 1 N–H and O–H groups in total. The molecule has 84 valence electrons. The minimum atomic E-state index is -0.400. The fourth-order valence-corrected chi connectivity index (χ4v) is 2.23. The molecule has 1 aromatic carbocycles. The van der Waals surface area contributed by atoms with Crippen molar-refractivity contribution in [1.82, 2.24) is 5.32 Å². The van der Waals surface area contributed by atoms with Crippen LogP contribution in [0.5, 0.6) is 0 Å². The molecule has 0 aliphatic carbocycles. The minimum absolute atomic E-state index is 0.0474.